The van der Waals surface area contributed by atoms with E-state index in [2.05, 4.69) is 27.4 Å². The Morgan fingerprint density at radius 1 is 1.09 bits per heavy atom. The van der Waals surface area contributed by atoms with Crippen molar-refractivity contribution < 1.29 is 14.2 Å². The normalized spacial score (nSPS) is 12.5. The van der Waals surface area contributed by atoms with Crippen LogP contribution in [0.4, 0.5) is 0 Å². The first-order valence-electron chi connectivity index (χ1n) is 7.12. The highest BCUT2D eigenvalue weighted by Crippen LogP contribution is 2.21. The summed E-state index contributed by atoms with van der Waals surface area (Å²) in [5, 5.41) is 3.07. The molecule has 4 rings (SSSR count). The van der Waals surface area contributed by atoms with E-state index in [-0.39, 0.29) is 5.97 Å². The number of aromatic nitrogens is 2. The van der Waals surface area contributed by atoms with E-state index in [1.54, 1.807) is 6.08 Å². The number of hydrogen-bond acceptors (Lipinski definition) is 2. The third kappa shape index (κ3) is 1.58. The number of esters is 1. The molecule has 2 heterocycles. The van der Waals surface area contributed by atoms with E-state index in [0.29, 0.717) is 0 Å². The van der Waals surface area contributed by atoms with Crippen LogP contribution in [0, 0.1) is 0 Å². The second-order valence-corrected chi connectivity index (χ2v) is 5.30. The molecule has 0 radical (unpaired) electrons. The number of methoxy groups -OCH3 is 1. The summed E-state index contributed by atoms with van der Waals surface area (Å²) in [4.78, 5) is 11.8. The van der Waals surface area contributed by atoms with Gasteiger partial charge in [-0.2, -0.15) is 0 Å². The van der Waals surface area contributed by atoms with Crippen LogP contribution in [-0.4, -0.2) is 17.6 Å². The highest BCUT2D eigenvalue weighted by Gasteiger charge is 2.21. The standard InChI is InChI=1S/C18H15N2O2/c1-19-15-9-5-4-8-13(15)18-14(11-17(21)22-2)12-7-3-6-10-16(12)20(18)19/h3-11H,1-2H3/q+1/b14-11-. The van der Waals surface area contributed by atoms with Gasteiger partial charge in [-0.05, 0) is 12.1 Å². The molecule has 0 aliphatic carbocycles. The number of carbonyl (C=O) groups is 1. The lowest BCUT2D eigenvalue weighted by atomic mass is 10.1. The Balaban J connectivity index is 2.36. The molecular weight excluding hydrogens is 276 g/mol. The molecule has 0 fully saturated rings. The Morgan fingerprint density at radius 3 is 2.55 bits per heavy atom. The van der Waals surface area contributed by atoms with Crippen molar-refractivity contribution in [1.29, 1.82) is 0 Å². The van der Waals surface area contributed by atoms with Gasteiger partial charge < -0.3 is 4.74 Å². The third-order valence-electron chi connectivity index (χ3n) is 4.16. The highest BCUT2D eigenvalue weighted by molar-refractivity contribution is 6.08. The number of fused-ring (bicyclic) bond motifs is 5. The summed E-state index contributed by atoms with van der Waals surface area (Å²) >= 11 is 0. The van der Waals surface area contributed by atoms with Crippen molar-refractivity contribution >= 4 is 39.4 Å². The molecule has 22 heavy (non-hydrogen) atoms. The van der Waals surface area contributed by atoms with E-state index in [1.165, 1.54) is 7.11 Å². The van der Waals surface area contributed by atoms with Gasteiger partial charge in [0.2, 0.25) is 5.52 Å². The number of benzene rings is 2. The summed E-state index contributed by atoms with van der Waals surface area (Å²) in [5.74, 6) is -0.341. The minimum absolute atomic E-state index is 0.341. The van der Waals surface area contributed by atoms with Crippen LogP contribution in [0.25, 0.3) is 33.4 Å². The molecule has 0 amide bonds. The summed E-state index contributed by atoms with van der Waals surface area (Å²) in [6.07, 6.45) is 1.57. The first kappa shape index (κ1) is 12.8. The molecule has 2 aromatic heterocycles. The lowest BCUT2D eigenvalue weighted by Gasteiger charge is -1.91. The number of ether oxygens (including phenoxy) is 1. The number of para-hydroxylation sites is 2. The van der Waals surface area contributed by atoms with Gasteiger partial charge >= 0.3 is 5.97 Å². The average molecular weight is 291 g/mol. The maximum Gasteiger partial charge on any atom is 0.331 e. The molecule has 108 valence electrons. The van der Waals surface area contributed by atoms with Crippen molar-refractivity contribution in [3.63, 3.8) is 0 Å². The maximum absolute atomic E-state index is 11.8. The van der Waals surface area contributed by atoms with E-state index in [1.807, 2.05) is 37.4 Å². The summed E-state index contributed by atoms with van der Waals surface area (Å²) in [5.41, 5.74) is 3.24. The molecular formula is C18H15N2O2+. The van der Waals surface area contributed by atoms with Crippen LogP contribution in [0.15, 0.2) is 48.5 Å². The van der Waals surface area contributed by atoms with Gasteiger partial charge in [0.15, 0.2) is 7.05 Å². The van der Waals surface area contributed by atoms with Gasteiger partial charge in [0.25, 0.3) is 0 Å². The van der Waals surface area contributed by atoms with Crippen LogP contribution in [0.3, 0.4) is 0 Å². The van der Waals surface area contributed by atoms with Crippen LogP contribution in [0.5, 0.6) is 0 Å². The van der Waals surface area contributed by atoms with Gasteiger partial charge in [0.1, 0.15) is 11.0 Å². The Bertz CT molecular complexity index is 1090. The quantitative estimate of drug-likeness (QED) is 0.395. The number of rotatable bonds is 1. The average Bonchev–Trinajstić information content (AvgIpc) is 3.03. The fourth-order valence-corrected chi connectivity index (χ4v) is 3.21. The van der Waals surface area contributed by atoms with Crippen LogP contribution in [0.1, 0.15) is 0 Å². The molecule has 0 bridgehead atoms. The van der Waals surface area contributed by atoms with E-state index < -0.39 is 0 Å². The molecule has 4 heteroatoms. The van der Waals surface area contributed by atoms with Gasteiger partial charge in [-0.25, -0.2) is 4.79 Å². The first-order valence-corrected chi connectivity index (χ1v) is 7.12. The topological polar surface area (TPSA) is 34.6 Å². The SMILES string of the molecule is COC(=O)/C=c1/c2ccccc2n2c1c1ccccc1[n+]2C. The molecule has 0 saturated heterocycles. The monoisotopic (exact) mass is 291 g/mol. The Morgan fingerprint density at radius 2 is 1.77 bits per heavy atom. The number of nitrogens with zero attached hydrogens (tertiary/aromatic N) is 2. The molecule has 0 aliphatic heterocycles. The van der Waals surface area contributed by atoms with Gasteiger partial charge in [-0.3, -0.25) is 0 Å². The van der Waals surface area contributed by atoms with Crippen molar-refractivity contribution in [2.45, 2.75) is 0 Å². The van der Waals surface area contributed by atoms with Crippen molar-refractivity contribution in [1.82, 2.24) is 4.52 Å². The van der Waals surface area contributed by atoms with Crippen LogP contribution >= 0.6 is 0 Å². The molecule has 4 aromatic rings. The zero-order valence-corrected chi connectivity index (χ0v) is 12.4. The minimum atomic E-state index is -0.341. The number of aryl methyl sites for hydroxylation is 1. The number of carbonyl (C=O) groups excluding carboxylic acids is 1. The Labute approximate surface area is 126 Å². The lowest BCUT2D eigenvalue weighted by Crippen LogP contribution is -2.34. The predicted molar refractivity (Wildman–Crippen MR) is 85.3 cm³/mol. The summed E-state index contributed by atoms with van der Waals surface area (Å²) in [7, 11) is 3.43. The predicted octanol–water partition coefficient (Wildman–Crippen LogP) is 1.74. The molecule has 0 N–H and O–H groups in total. The zero-order valence-electron chi connectivity index (χ0n) is 12.4. The van der Waals surface area contributed by atoms with Gasteiger partial charge in [0, 0.05) is 22.7 Å². The fraction of sp³-hybridized carbons (Fsp3) is 0.111. The van der Waals surface area contributed by atoms with Gasteiger partial charge in [-0.15, -0.1) is 9.20 Å². The van der Waals surface area contributed by atoms with Crippen molar-refractivity contribution in [2.24, 2.45) is 7.05 Å². The van der Waals surface area contributed by atoms with Crippen LogP contribution in [-0.2, 0) is 16.6 Å². The van der Waals surface area contributed by atoms with Crippen molar-refractivity contribution in [3.05, 3.63) is 53.7 Å². The third-order valence-corrected chi connectivity index (χ3v) is 4.16. The molecule has 0 aliphatic rings. The van der Waals surface area contributed by atoms with Gasteiger partial charge in [-0.1, -0.05) is 30.3 Å². The van der Waals surface area contributed by atoms with E-state index in [9.17, 15) is 4.79 Å². The molecule has 0 atom stereocenters. The van der Waals surface area contributed by atoms with Crippen LogP contribution in [0.2, 0.25) is 0 Å². The Kier molecular flexibility index (Phi) is 2.66. The zero-order chi connectivity index (χ0) is 15.3. The molecule has 2 aromatic carbocycles. The lowest BCUT2D eigenvalue weighted by molar-refractivity contribution is -0.711. The summed E-state index contributed by atoms with van der Waals surface area (Å²) in [6, 6.07) is 16.3. The van der Waals surface area contributed by atoms with E-state index in [4.69, 9.17) is 4.74 Å². The highest BCUT2D eigenvalue weighted by atomic mass is 16.5. The minimum Gasteiger partial charge on any atom is -0.466 e. The van der Waals surface area contributed by atoms with Crippen molar-refractivity contribution in [2.75, 3.05) is 7.11 Å². The first-order chi connectivity index (χ1) is 10.7. The Hall–Kier alpha value is -2.88. The molecule has 4 nitrogen and oxygen atoms in total. The summed E-state index contributed by atoms with van der Waals surface area (Å²) < 4.78 is 9.09. The van der Waals surface area contributed by atoms with E-state index >= 15 is 0 Å². The molecule has 0 unspecified atom stereocenters. The van der Waals surface area contributed by atoms with E-state index in [0.717, 1.165) is 32.5 Å². The number of hydrogen-bond donors (Lipinski definition) is 0. The van der Waals surface area contributed by atoms with Gasteiger partial charge in [0.05, 0.1) is 12.5 Å². The molecule has 0 spiro atoms. The van der Waals surface area contributed by atoms with Crippen LogP contribution < -0.4 is 9.90 Å². The molecule has 0 saturated carbocycles. The fourth-order valence-electron chi connectivity index (χ4n) is 3.21. The van der Waals surface area contributed by atoms with Crippen molar-refractivity contribution in [3.8, 4) is 0 Å². The largest absolute Gasteiger partial charge is 0.466 e. The smallest absolute Gasteiger partial charge is 0.331 e. The second-order valence-electron chi connectivity index (χ2n) is 5.30. The summed E-state index contributed by atoms with van der Waals surface area (Å²) in [6.45, 7) is 0. The second kappa shape index (κ2) is 4.56. The maximum atomic E-state index is 11.8.